The molecule has 0 spiro atoms. The van der Waals surface area contributed by atoms with Crippen LogP contribution in [0, 0.1) is 19.9 Å². The number of hydrogen-bond acceptors (Lipinski definition) is 25. The number of methoxy groups -OCH3 is 2. The van der Waals surface area contributed by atoms with Crippen LogP contribution in [0.5, 0.6) is 23.0 Å². The van der Waals surface area contributed by atoms with Crippen molar-refractivity contribution >= 4 is 100 Å². The van der Waals surface area contributed by atoms with Gasteiger partial charge in [0.25, 0.3) is 0 Å². The van der Waals surface area contributed by atoms with Gasteiger partial charge in [0, 0.05) is 53.4 Å². The van der Waals surface area contributed by atoms with Gasteiger partial charge in [-0.1, -0.05) is 28.3 Å². The van der Waals surface area contributed by atoms with E-state index < -0.39 is 99.7 Å². The van der Waals surface area contributed by atoms with E-state index in [-0.39, 0.29) is 174 Å². The number of sulfone groups is 2. The number of ether oxygens (including phenoxy) is 2. The number of phenolic OH excluding ortho intramolecular Hbond substituents is 2. The molecule has 0 saturated carbocycles. The fraction of sp³-hybridized carbons (Fsp3) is 0.172. The molecule has 0 amide bonds. The Morgan fingerprint density at radius 2 is 1.13 bits per heavy atom. The Morgan fingerprint density at radius 1 is 0.672 bits per heavy atom. The van der Waals surface area contributed by atoms with Crippen molar-refractivity contribution < 1.29 is 232 Å². The predicted octanol–water partition coefficient (Wildman–Crippen LogP) is -9.92. The molecule has 5 N–H and O–H groups in total. The predicted molar refractivity (Wildman–Crippen MR) is 207 cm³/mol. The van der Waals surface area contributed by atoms with Gasteiger partial charge in [0.15, 0.2) is 25.4 Å². The third kappa shape index (κ3) is 25.3. The number of anilines is 1. The molecule has 1 radical (unpaired) electrons. The zero-order chi connectivity index (χ0) is 48.2. The maximum atomic E-state index is 12.5. The van der Waals surface area contributed by atoms with E-state index in [1.54, 1.807) is 13.1 Å². The smallest absolute Gasteiger partial charge is 0.744 e. The van der Waals surface area contributed by atoms with Crippen LogP contribution in [0.15, 0.2) is 77.6 Å². The minimum Gasteiger partial charge on any atom is -0.744 e. The Balaban J connectivity index is -0.000000591. The van der Waals surface area contributed by atoms with E-state index in [1.807, 2.05) is 0 Å². The number of hydrogen-bond donors (Lipinski definition) is 5. The Labute approximate surface area is 484 Å². The zero-order valence-corrected chi connectivity index (χ0v) is 49.4. The van der Waals surface area contributed by atoms with Crippen LogP contribution in [0.25, 0.3) is 10.8 Å². The molecule has 0 atom stereocenters. The van der Waals surface area contributed by atoms with Crippen molar-refractivity contribution in [2.75, 3.05) is 38.1 Å². The fourth-order valence-electron chi connectivity index (χ4n) is 4.31. The summed E-state index contributed by atoms with van der Waals surface area (Å²) in [4.78, 5) is -2.03. The monoisotopic (exact) mass is 1150 g/mol. The van der Waals surface area contributed by atoms with Gasteiger partial charge in [-0.2, -0.15) is 22.4 Å². The van der Waals surface area contributed by atoms with Crippen LogP contribution in [0.1, 0.15) is 0 Å². The molecule has 355 valence electrons. The largest absolute Gasteiger partial charge is 1.00 e. The molecule has 4 rings (SSSR count). The first kappa shape index (κ1) is 75.0. The Hall–Kier alpha value is -0.971. The number of nitrogens with zero attached hydrogens (tertiary/aromatic N) is 4. The summed E-state index contributed by atoms with van der Waals surface area (Å²) in [6.07, 6.45) is 0. The second kappa shape index (κ2) is 32.2. The van der Waals surface area contributed by atoms with E-state index in [0.29, 0.717) is 17.1 Å². The first-order valence-electron chi connectivity index (χ1n) is 15.2. The van der Waals surface area contributed by atoms with Gasteiger partial charge in [0.2, 0.25) is 20.8 Å². The summed E-state index contributed by atoms with van der Waals surface area (Å²) in [5, 5.41) is 40.9. The van der Waals surface area contributed by atoms with E-state index in [2.05, 4.69) is 45.7 Å². The third-order valence-electron chi connectivity index (χ3n) is 6.83. The molecule has 4 aromatic carbocycles. The normalized spacial score (nSPS) is 11.1. The molecular formula is C29H29CuN5Na4O22S6-2. The Kier molecular flexibility index (Phi) is 36.0. The molecule has 0 bridgehead atoms. The average molecular weight is 1150 g/mol. The van der Waals surface area contributed by atoms with Gasteiger partial charge in [0.05, 0.1) is 29.7 Å². The van der Waals surface area contributed by atoms with Crippen LogP contribution >= 0.6 is 0 Å². The van der Waals surface area contributed by atoms with Crippen molar-refractivity contribution in [3.8, 4) is 23.0 Å². The van der Waals surface area contributed by atoms with Crippen molar-refractivity contribution in [3.05, 3.63) is 62.4 Å². The second-order valence-electron chi connectivity index (χ2n) is 10.7. The molecule has 0 unspecified atom stereocenters. The van der Waals surface area contributed by atoms with Gasteiger partial charge < -0.3 is 52.5 Å². The molecular weight excluding hydrogens is 1120 g/mol. The fourth-order valence-corrected chi connectivity index (χ4v) is 6.77. The molecule has 0 saturated heterocycles. The molecule has 27 nitrogen and oxygen atoms in total. The van der Waals surface area contributed by atoms with Gasteiger partial charge in [-0.25, -0.2) is 42.1 Å². The minimum absolute atomic E-state index is 0. The minimum atomic E-state index is -5.34. The number of phenols is 2. The van der Waals surface area contributed by atoms with E-state index in [4.69, 9.17) is 57.1 Å². The molecule has 0 fully saturated rings. The number of azo groups is 2. The molecule has 0 aliphatic heterocycles. The quantitative estimate of drug-likeness (QED) is 0.0289. The molecule has 0 aromatic heterocycles. The Morgan fingerprint density at radius 3 is 1.55 bits per heavy atom. The van der Waals surface area contributed by atoms with Crippen LogP contribution in [0.4, 0.5) is 28.4 Å². The summed E-state index contributed by atoms with van der Waals surface area (Å²) in [5.74, 6) is -2.70. The maximum Gasteiger partial charge on any atom is 1.00 e. The third-order valence-corrected chi connectivity index (χ3v) is 10.7. The summed E-state index contributed by atoms with van der Waals surface area (Å²) in [6, 6.07) is 11.0. The summed E-state index contributed by atoms with van der Waals surface area (Å²) < 4.78 is 186. The van der Waals surface area contributed by atoms with E-state index >= 15 is 0 Å². The van der Waals surface area contributed by atoms with Crippen LogP contribution < -0.4 is 133 Å². The molecule has 67 heavy (non-hydrogen) atoms. The van der Waals surface area contributed by atoms with Gasteiger partial charge in [-0.3, -0.25) is 9.11 Å². The SMILES string of the molecule is O=S(=O)([O-])O.O=S(=O)([O-])O.O=S(=O)=O.[CH2-]CS(=O)(=O)c1cc(N=Nc2[c-]cc3c(N=Nc4cc(OC)c(S(=O)(=O)C[CH2-])cc4OC)c(NC)ccc3c2O)c(O)c(S(=O)(=O)[O-])c1.[Cu].[Na+].[Na+].[Na+].[Na+]. The standard InChI is InChI=1S/C29H28N5O11S3.Cu.4Na.2H2O4S.O3S/c1-6-46(37,38)16-12-22(29(36)26(13-16)48(41,42)43)33-31-20-11-8-17-18(28(20)35)9-10-19(30-3)27(17)34-32-21-14-24(45-5)25(15-23(21)44-4)47(39,40)7-2;;;;;;2*1-5(2,3)4;1-4(2)3/h8-10,12-15,30,35-36H,1-2,6-7H2,3-5H3,(H,41,42,43);;;;;;2*(H2,1,2,3,4);/q-3;;4*+1;;;/p-3. The maximum absolute atomic E-state index is 12.5. The van der Waals surface area contributed by atoms with Gasteiger partial charge in [-0.05, 0) is 18.2 Å². The number of rotatable bonds is 12. The van der Waals surface area contributed by atoms with Gasteiger partial charge >= 0.3 is 129 Å². The van der Waals surface area contributed by atoms with E-state index in [0.717, 1.165) is 6.07 Å². The molecule has 0 aliphatic carbocycles. The summed E-state index contributed by atoms with van der Waals surface area (Å²) in [7, 11) is -22.0. The van der Waals surface area contributed by atoms with Crippen molar-refractivity contribution in [1.82, 2.24) is 0 Å². The van der Waals surface area contributed by atoms with Crippen molar-refractivity contribution in [2.45, 2.75) is 14.7 Å². The number of benzene rings is 4. The van der Waals surface area contributed by atoms with Crippen LogP contribution in [-0.4, -0.2) is 120 Å². The van der Waals surface area contributed by atoms with Crippen LogP contribution in [-0.2, 0) is 78.3 Å². The van der Waals surface area contributed by atoms with Gasteiger partial charge in [0.1, 0.15) is 37.9 Å². The summed E-state index contributed by atoms with van der Waals surface area (Å²) in [5.41, 5.74) is -0.236. The van der Waals surface area contributed by atoms with Crippen LogP contribution in [0.2, 0.25) is 0 Å². The molecule has 0 aliphatic rings. The van der Waals surface area contributed by atoms with Crippen LogP contribution in [0.3, 0.4) is 0 Å². The first-order valence-corrected chi connectivity index (χ1v) is 23.7. The first-order chi connectivity index (χ1) is 28.3. The molecule has 0 heterocycles. The van der Waals surface area contributed by atoms with Crippen molar-refractivity contribution in [3.63, 3.8) is 0 Å². The number of aromatic hydroxyl groups is 2. The van der Waals surface area contributed by atoms with Crippen molar-refractivity contribution in [1.29, 1.82) is 0 Å². The molecule has 4 aromatic rings. The topological polar surface area (TPSA) is 452 Å². The average Bonchev–Trinajstić information content (AvgIpc) is 3.14. The summed E-state index contributed by atoms with van der Waals surface area (Å²) >= 11 is 0. The number of fused-ring (bicyclic) bond motifs is 1. The second-order valence-corrected chi connectivity index (χ2v) is 18.3. The van der Waals surface area contributed by atoms with E-state index in [1.165, 1.54) is 38.5 Å². The summed E-state index contributed by atoms with van der Waals surface area (Å²) in [6.45, 7) is 6.71. The zero-order valence-electron chi connectivity index (χ0n) is 35.5. The molecule has 38 heteroatoms. The van der Waals surface area contributed by atoms with Gasteiger partial charge in [-0.15, -0.1) is 22.9 Å². The van der Waals surface area contributed by atoms with E-state index in [9.17, 15) is 40.0 Å². The van der Waals surface area contributed by atoms with Crippen molar-refractivity contribution in [2.24, 2.45) is 20.5 Å². The number of nitrogens with one attached hydrogen (secondary N) is 1. The Bertz CT molecular complexity index is 3030.